The standard InChI is InChI=1S/C22H22FN7O/c1-2-24-22(27-15-20-29-28-19-5-3-4-12-30(19)20)26-14-16-6-11-21(25-13-16)31-18-9-7-17(23)8-10-18/h3-13H,2,14-15H2,1H3,(H2,24,26,27). The fourth-order valence-electron chi connectivity index (χ4n) is 2.87. The molecule has 0 atom stereocenters. The number of nitrogens with zero attached hydrogens (tertiary/aromatic N) is 5. The van der Waals surface area contributed by atoms with E-state index in [1.165, 1.54) is 12.1 Å². The summed E-state index contributed by atoms with van der Waals surface area (Å²) in [4.78, 5) is 8.89. The number of benzene rings is 1. The van der Waals surface area contributed by atoms with E-state index in [1.54, 1.807) is 24.4 Å². The number of rotatable bonds is 7. The van der Waals surface area contributed by atoms with Crippen molar-refractivity contribution in [2.24, 2.45) is 4.99 Å². The first-order valence-corrected chi connectivity index (χ1v) is 9.90. The second-order valence-corrected chi connectivity index (χ2v) is 6.65. The molecule has 0 saturated carbocycles. The van der Waals surface area contributed by atoms with Gasteiger partial charge in [0.05, 0.1) is 13.1 Å². The van der Waals surface area contributed by atoms with Crippen molar-refractivity contribution in [3.63, 3.8) is 0 Å². The fraction of sp³-hybridized carbons (Fsp3) is 0.182. The van der Waals surface area contributed by atoms with Gasteiger partial charge in [0.15, 0.2) is 17.4 Å². The van der Waals surface area contributed by atoms with E-state index in [-0.39, 0.29) is 5.82 Å². The Morgan fingerprint density at radius 1 is 1.06 bits per heavy atom. The van der Waals surface area contributed by atoms with Gasteiger partial charge in [0.2, 0.25) is 5.88 Å². The SMILES string of the molecule is CCNC(=NCc1ccc(Oc2ccc(F)cc2)nc1)NCc1nnc2ccccn12. The Morgan fingerprint density at radius 3 is 2.71 bits per heavy atom. The minimum atomic E-state index is -0.309. The number of ether oxygens (including phenoxy) is 1. The zero-order valence-electron chi connectivity index (χ0n) is 17.0. The Kier molecular flexibility index (Phi) is 6.32. The Hall–Kier alpha value is -4.01. The van der Waals surface area contributed by atoms with Gasteiger partial charge in [0.1, 0.15) is 11.6 Å². The van der Waals surface area contributed by atoms with Crippen molar-refractivity contribution >= 4 is 11.6 Å². The summed E-state index contributed by atoms with van der Waals surface area (Å²) < 4.78 is 20.5. The average Bonchev–Trinajstić information content (AvgIpc) is 3.21. The van der Waals surface area contributed by atoms with E-state index in [4.69, 9.17) is 4.74 Å². The van der Waals surface area contributed by atoms with Crippen LogP contribution in [0.15, 0.2) is 72.0 Å². The molecule has 31 heavy (non-hydrogen) atoms. The van der Waals surface area contributed by atoms with E-state index in [0.29, 0.717) is 30.7 Å². The average molecular weight is 419 g/mol. The molecular weight excluding hydrogens is 397 g/mol. The fourth-order valence-corrected chi connectivity index (χ4v) is 2.87. The number of nitrogens with one attached hydrogen (secondary N) is 2. The Balaban J connectivity index is 1.37. The Morgan fingerprint density at radius 2 is 1.94 bits per heavy atom. The molecule has 3 aromatic heterocycles. The molecule has 0 radical (unpaired) electrons. The monoisotopic (exact) mass is 419 g/mol. The van der Waals surface area contributed by atoms with Gasteiger partial charge in [-0.15, -0.1) is 10.2 Å². The molecule has 8 nitrogen and oxygen atoms in total. The highest BCUT2D eigenvalue weighted by Gasteiger charge is 2.06. The third-order valence-electron chi connectivity index (χ3n) is 4.40. The van der Waals surface area contributed by atoms with Crippen LogP contribution in [0, 0.1) is 5.82 Å². The molecule has 0 aliphatic heterocycles. The van der Waals surface area contributed by atoms with Crippen molar-refractivity contribution in [3.8, 4) is 11.6 Å². The number of hydrogen-bond donors (Lipinski definition) is 2. The molecule has 0 bridgehead atoms. The van der Waals surface area contributed by atoms with E-state index < -0.39 is 0 Å². The second kappa shape index (κ2) is 9.66. The zero-order valence-corrected chi connectivity index (χ0v) is 17.0. The highest BCUT2D eigenvalue weighted by Crippen LogP contribution is 2.19. The number of aromatic nitrogens is 4. The lowest BCUT2D eigenvalue weighted by atomic mass is 10.3. The van der Waals surface area contributed by atoms with Crippen LogP contribution in [0.3, 0.4) is 0 Å². The van der Waals surface area contributed by atoms with Gasteiger partial charge in [0, 0.05) is 25.0 Å². The lowest BCUT2D eigenvalue weighted by Crippen LogP contribution is -2.37. The molecular formula is C22H22FN7O. The lowest BCUT2D eigenvalue weighted by molar-refractivity contribution is 0.461. The maximum atomic E-state index is 13.0. The summed E-state index contributed by atoms with van der Waals surface area (Å²) in [6.07, 6.45) is 3.63. The van der Waals surface area contributed by atoms with E-state index >= 15 is 0 Å². The first-order valence-electron chi connectivity index (χ1n) is 9.90. The summed E-state index contributed by atoms with van der Waals surface area (Å²) in [5.41, 5.74) is 1.73. The van der Waals surface area contributed by atoms with Crippen LogP contribution in [0.5, 0.6) is 11.6 Å². The minimum Gasteiger partial charge on any atom is -0.439 e. The van der Waals surface area contributed by atoms with Crippen molar-refractivity contribution < 1.29 is 9.13 Å². The largest absolute Gasteiger partial charge is 0.439 e. The third-order valence-corrected chi connectivity index (χ3v) is 4.40. The topological polar surface area (TPSA) is 88.7 Å². The number of halogens is 1. The highest BCUT2D eigenvalue weighted by molar-refractivity contribution is 5.79. The zero-order chi connectivity index (χ0) is 21.5. The van der Waals surface area contributed by atoms with Crippen LogP contribution in [-0.2, 0) is 13.1 Å². The number of aliphatic imine (C=N–C) groups is 1. The maximum absolute atomic E-state index is 13.0. The Labute approximate surface area is 178 Å². The first kappa shape index (κ1) is 20.3. The lowest BCUT2D eigenvalue weighted by Gasteiger charge is -2.10. The molecule has 0 fully saturated rings. The molecule has 4 rings (SSSR count). The van der Waals surface area contributed by atoms with Crippen LogP contribution in [0.2, 0.25) is 0 Å². The smallest absolute Gasteiger partial charge is 0.219 e. The summed E-state index contributed by atoms with van der Waals surface area (Å²) in [6.45, 7) is 3.67. The van der Waals surface area contributed by atoms with Crippen LogP contribution >= 0.6 is 0 Å². The van der Waals surface area contributed by atoms with Gasteiger partial charge in [-0.2, -0.15) is 0 Å². The van der Waals surface area contributed by atoms with Crippen LogP contribution < -0.4 is 15.4 Å². The van der Waals surface area contributed by atoms with Crippen molar-refractivity contribution in [2.75, 3.05) is 6.54 Å². The predicted molar refractivity (Wildman–Crippen MR) is 115 cm³/mol. The van der Waals surface area contributed by atoms with E-state index in [0.717, 1.165) is 23.6 Å². The van der Waals surface area contributed by atoms with E-state index in [9.17, 15) is 4.39 Å². The molecule has 0 aliphatic carbocycles. The van der Waals surface area contributed by atoms with Crippen LogP contribution in [0.4, 0.5) is 4.39 Å². The van der Waals surface area contributed by atoms with E-state index in [1.807, 2.05) is 41.8 Å². The minimum absolute atomic E-state index is 0.309. The van der Waals surface area contributed by atoms with Crippen molar-refractivity contribution in [1.82, 2.24) is 30.2 Å². The van der Waals surface area contributed by atoms with Crippen LogP contribution in [-0.4, -0.2) is 32.1 Å². The van der Waals surface area contributed by atoms with Gasteiger partial charge >= 0.3 is 0 Å². The molecule has 2 N–H and O–H groups in total. The van der Waals surface area contributed by atoms with Gasteiger partial charge in [-0.1, -0.05) is 12.1 Å². The molecule has 9 heteroatoms. The molecule has 4 aromatic rings. The number of pyridine rings is 2. The number of guanidine groups is 1. The quantitative estimate of drug-likeness (QED) is 0.353. The molecule has 158 valence electrons. The van der Waals surface area contributed by atoms with Gasteiger partial charge < -0.3 is 15.4 Å². The summed E-state index contributed by atoms with van der Waals surface area (Å²) in [7, 11) is 0. The second-order valence-electron chi connectivity index (χ2n) is 6.65. The van der Waals surface area contributed by atoms with Crippen LogP contribution in [0.1, 0.15) is 18.3 Å². The molecule has 0 unspecified atom stereocenters. The van der Waals surface area contributed by atoms with Crippen LogP contribution in [0.25, 0.3) is 5.65 Å². The van der Waals surface area contributed by atoms with E-state index in [2.05, 4.69) is 30.8 Å². The molecule has 0 amide bonds. The molecule has 0 spiro atoms. The molecule has 1 aromatic carbocycles. The van der Waals surface area contributed by atoms with Gasteiger partial charge in [-0.05, 0) is 48.9 Å². The number of fused-ring (bicyclic) bond motifs is 1. The molecule has 0 saturated heterocycles. The Bertz CT molecular complexity index is 1160. The highest BCUT2D eigenvalue weighted by atomic mass is 19.1. The van der Waals surface area contributed by atoms with Gasteiger partial charge in [0.25, 0.3) is 0 Å². The first-order chi connectivity index (χ1) is 15.2. The van der Waals surface area contributed by atoms with Gasteiger partial charge in [-0.25, -0.2) is 14.4 Å². The molecule has 3 heterocycles. The van der Waals surface area contributed by atoms with Crippen molar-refractivity contribution in [2.45, 2.75) is 20.0 Å². The normalized spacial score (nSPS) is 11.5. The summed E-state index contributed by atoms with van der Waals surface area (Å²) in [5.74, 6) is 2.12. The summed E-state index contributed by atoms with van der Waals surface area (Å²) in [5, 5.41) is 14.9. The summed E-state index contributed by atoms with van der Waals surface area (Å²) >= 11 is 0. The van der Waals surface area contributed by atoms with Crippen molar-refractivity contribution in [3.05, 3.63) is 84.2 Å². The molecule has 0 aliphatic rings. The van der Waals surface area contributed by atoms with Crippen molar-refractivity contribution in [1.29, 1.82) is 0 Å². The maximum Gasteiger partial charge on any atom is 0.219 e. The summed E-state index contributed by atoms with van der Waals surface area (Å²) in [6, 6.07) is 15.2. The predicted octanol–water partition coefficient (Wildman–Crippen LogP) is 3.31. The third kappa shape index (κ3) is 5.33. The van der Waals surface area contributed by atoms with Gasteiger partial charge in [-0.3, -0.25) is 4.40 Å². The number of hydrogen-bond acceptors (Lipinski definition) is 5.